The third-order valence-electron chi connectivity index (χ3n) is 7.45. The van der Waals surface area contributed by atoms with Crippen molar-refractivity contribution in [3.63, 3.8) is 0 Å². The van der Waals surface area contributed by atoms with Crippen molar-refractivity contribution in [1.29, 1.82) is 5.26 Å². The maximum absolute atomic E-state index is 8.97. The zero-order valence-electron chi connectivity index (χ0n) is 23.6. The Bertz CT molecular complexity index is 1120. The van der Waals surface area contributed by atoms with Gasteiger partial charge >= 0.3 is 0 Å². The fraction of sp³-hybridized carbons (Fsp3) is 0.406. The van der Waals surface area contributed by atoms with Crippen LogP contribution in [0.15, 0.2) is 72.8 Å². The van der Waals surface area contributed by atoms with E-state index in [0.717, 1.165) is 44.8 Å². The highest BCUT2D eigenvalue weighted by Gasteiger charge is 2.31. The number of hydrogen-bond donors (Lipinski definition) is 0. The predicted octanol–water partition coefficient (Wildman–Crippen LogP) is 5.58. The van der Waals surface area contributed by atoms with Crippen LogP contribution in [-0.4, -0.2) is 64.7 Å². The minimum Gasteiger partial charge on any atom is -0.378 e. The zero-order valence-corrected chi connectivity index (χ0v) is 23.6. The average molecular weight is 511 g/mol. The quantitative estimate of drug-likeness (QED) is 0.355. The van der Waals surface area contributed by atoms with E-state index in [4.69, 9.17) is 5.26 Å². The number of rotatable bonds is 10. The fourth-order valence-corrected chi connectivity index (χ4v) is 5.22. The summed E-state index contributed by atoms with van der Waals surface area (Å²) in [6.07, 6.45) is 1.88. The van der Waals surface area contributed by atoms with Gasteiger partial charge < -0.3 is 14.7 Å². The number of hydrogen-bond acceptors (Lipinski definition) is 6. The topological polar surface area (TPSA) is 40.0 Å². The van der Waals surface area contributed by atoms with Crippen LogP contribution < -0.4 is 14.7 Å². The lowest BCUT2D eigenvalue weighted by atomic mass is 10.0. The van der Waals surface area contributed by atoms with E-state index in [1.807, 2.05) is 0 Å². The Balaban J connectivity index is 1.60. The van der Waals surface area contributed by atoms with Gasteiger partial charge in [-0.2, -0.15) is 5.26 Å². The van der Waals surface area contributed by atoms with Gasteiger partial charge in [-0.3, -0.25) is 9.80 Å². The first-order chi connectivity index (χ1) is 18.4. The number of nitrogens with zero attached hydrogens (tertiary/aromatic N) is 6. The van der Waals surface area contributed by atoms with Crippen LogP contribution in [0.25, 0.3) is 0 Å². The predicted molar refractivity (Wildman–Crippen MR) is 160 cm³/mol. The summed E-state index contributed by atoms with van der Waals surface area (Å²) in [6.45, 7) is 4.71. The van der Waals surface area contributed by atoms with Crippen molar-refractivity contribution in [3.05, 3.63) is 89.5 Å². The molecule has 1 aliphatic heterocycles. The third kappa shape index (κ3) is 6.86. The van der Waals surface area contributed by atoms with E-state index < -0.39 is 0 Å². The molecule has 1 aliphatic rings. The Morgan fingerprint density at radius 3 is 1.55 bits per heavy atom. The molecular formula is C32H42N6. The van der Waals surface area contributed by atoms with Crippen molar-refractivity contribution in [1.82, 2.24) is 9.80 Å². The molecule has 0 bridgehead atoms. The van der Waals surface area contributed by atoms with Crippen LogP contribution in [0, 0.1) is 11.3 Å². The summed E-state index contributed by atoms with van der Waals surface area (Å²) < 4.78 is 0. The van der Waals surface area contributed by atoms with Gasteiger partial charge in [0.05, 0.1) is 18.7 Å². The van der Waals surface area contributed by atoms with Crippen molar-refractivity contribution < 1.29 is 0 Å². The van der Waals surface area contributed by atoms with E-state index >= 15 is 0 Å². The van der Waals surface area contributed by atoms with Crippen LogP contribution in [0.3, 0.4) is 0 Å². The summed E-state index contributed by atoms with van der Waals surface area (Å²) in [5.41, 5.74) is 7.59. The molecule has 0 atom stereocenters. The van der Waals surface area contributed by atoms with E-state index in [1.165, 1.54) is 28.1 Å². The van der Waals surface area contributed by atoms with E-state index in [9.17, 15) is 0 Å². The Labute approximate surface area is 229 Å². The molecule has 0 saturated carbocycles. The number of nitriles is 1. The summed E-state index contributed by atoms with van der Waals surface area (Å²) in [4.78, 5) is 11.7. The molecule has 0 amide bonds. The van der Waals surface area contributed by atoms with E-state index in [1.54, 1.807) is 0 Å². The molecule has 0 aromatic heterocycles. The van der Waals surface area contributed by atoms with Crippen LogP contribution in [0.2, 0.25) is 0 Å². The van der Waals surface area contributed by atoms with Crippen molar-refractivity contribution in [2.45, 2.75) is 32.1 Å². The van der Waals surface area contributed by atoms with Crippen molar-refractivity contribution in [3.8, 4) is 6.07 Å². The summed E-state index contributed by atoms with van der Waals surface area (Å²) in [5, 5.41) is 8.97. The molecule has 0 aliphatic carbocycles. The molecular weight excluding hydrogens is 468 g/mol. The lowest BCUT2D eigenvalue weighted by molar-refractivity contribution is -0.00907. The smallest absolute Gasteiger partial charge is 0.0892 e. The molecule has 0 N–H and O–H groups in total. The molecule has 6 nitrogen and oxygen atoms in total. The molecule has 0 radical (unpaired) electrons. The molecule has 0 spiro atoms. The highest BCUT2D eigenvalue weighted by Crippen LogP contribution is 2.33. The molecule has 200 valence electrons. The maximum atomic E-state index is 8.97. The molecule has 3 aromatic carbocycles. The van der Waals surface area contributed by atoms with Crippen LogP contribution in [0.1, 0.15) is 35.7 Å². The Kier molecular flexibility index (Phi) is 9.28. The first-order valence-electron chi connectivity index (χ1n) is 13.5. The van der Waals surface area contributed by atoms with Crippen LogP contribution >= 0.6 is 0 Å². The van der Waals surface area contributed by atoms with Crippen molar-refractivity contribution in [2.24, 2.45) is 0 Å². The van der Waals surface area contributed by atoms with Crippen LogP contribution in [0.5, 0.6) is 0 Å². The molecule has 0 unspecified atom stereocenters. The van der Waals surface area contributed by atoms with Crippen molar-refractivity contribution in [2.75, 3.05) is 69.6 Å². The van der Waals surface area contributed by atoms with Gasteiger partial charge in [0.25, 0.3) is 0 Å². The molecule has 4 rings (SSSR count). The minimum atomic E-state index is 0.198. The molecule has 1 saturated heterocycles. The second-order valence-electron chi connectivity index (χ2n) is 10.7. The molecule has 38 heavy (non-hydrogen) atoms. The van der Waals surface area contributed by atoms with Crippen LogP contribution in [-0.2, 0) is 13.1 Å². The lowest BCUT2D eigenvalue weighted by Gasteiger charge is -2.44. The summed E-state index contributed by atoms with van der Waals surface area (Å²) in [7, 11) is 10.4. The monoisotopic (exact) mass is 510 g/mol. The fourth-order valence-electron chi connectivity index (χ4n) is 5.22. The van der Waals surface area contributed by atoms with Gasteiger partial charge in [0, 0.05) is 85.0 Å². The third-order valence-corrected chi connectivity index (χ3v) is 7.45. The Hall–Kier alpha value is -3.53. The summed E-state index contributed by atoms with van der Waals surface area (Å²) in [5.74, 6) is 0. The van der Waals surface area contributed by atoms with Crippen LogP contribution in [0.4, 0.5) is 17.1 Å². The SMILES string of the molecule is CN(C)c1ccc(CN2CCCN(Cc3ccc(N(C)C)cc3)C2c2ccc(N(C)CCC#N)cc2)cc1. The van der Waals surface area contributed by atoms with Crippen molar-refractivity contribution >= 4 is 17.1 Å². The summed E-state index contributed by atoms with van der Waals surface area (Å²) >= 11 is 0. The van der Waals surface area contributed by atoms with Gasteiger partial charge in [-0.05, 0) is 59.5 Å². The molecule has 1 heterocycles. The molecule has 1 fully saturated rings. The van der Waals surface area contributed by atoms with Gasteiger partial charge in [-0.25, -0.2) is 0 Å². The lowest BCUT2D eigenvalue weighted by Crippen LogP contribution is -2.46. The minimum absolute atomic E-state index is 0.198. The average Bonchev–Trinajstić information content (AvgIpc) is 2.92. The normalized spacial score (nSPS) is 14.7. The summed E-state index contributed by atoms with van der Waals surface area (Å²) in [6, 6.07) is 29.1. The number of benzene rings is 3. The van der Waals surface area contributed by atoms with Gasteiger partial charge in [-0.15, -0.1) is 0 Å². The first-order valence-corrected chi connectivity index (χ1v) is 13.5. The molecule has 6 heteroatoms. The second-order valence-corrected chi connectivity index (χ2v) is 10.7. The highest BCUT2D eigenvalue weighted by atomic mass is 15.4. The van der Waals surface area contributed by atoms with E-state index in [0.29, 0.717) is 6.42 Å². The van der Waals surface area contributed by atoms with Gasteiger partial charge in [0.15, 0.2) is 0 Å². The molecule has 3 aromatic rings. The maximum Gasteiger partial charge on any atom is 0.0892 e. The number of anilines is 3. The van der Waals surface area contributed by atoms with E-state index in [-0.39, 0.29) is 6.17 Å². The Morgan fingerprint density at radius 2 is 1.13 bits per heavy atom. The second kappa shape index (κ2) is 12.8. The standard InChI is InChI=1S/C32H42N6/c1-34(2)29-14-8-26(9-15-29)24-37-22-7-23-38(25-27-10-16-30(17-11-27)35(3)4)32(37)28-12-18-31(19-13-28)36(5)21-6-20-33/h8-19,32H,6-7,21-25H2,1-5H3. The van der Waals surface area contributed by atoms with Gasteiger partial charge in [-0.1, -0.05) is 36.4 Å². The zero-order chi connectivity index (χ0) is 27.1. The largest absolute Gasteiger partial charge is 0.378 e. The van der Waals surface area contributed by atoms with Gasteiger partial charge in [0.2, 0.25) is 0 Å². The van der Waals surface area contributed by atoms with Gasteiger partial charge in [0.1, 0.15) is 0 Å². The highest BCUT2D eigenvalue weighted by molar-refractivity contribution is 5.48. The van der Waals surface area contributed by atoms with E-state index in [2.05, 4.69) is 139 Å². The first kappa shape index (κ1) is 27.5. The Morgan fingerprint density at radius 1 is 0.684 bits per heavy atom.